The normalized spacial score (nSPS) is 16.6. The molecule has 0 spiro atoms. The second-order valence-electron chi connectivity index (χ2n) is 4.50. The van der Waals surface area contributed by atoms with Crippen molar-refractivity contribution < 1.29 is 4.79 Å². The summed E-state index contributed by atoms with van der Waals surface area (Å²) < 4.78 is 0. The van der Waals surface area contributed by atoms with Gasteiger partial charge in [0.2, 0.25) is 0 Å². The molecule has 0 atom stereocenters. The van der Waals surface area contributed by atoms with Crippen molar-refractivity contribution in [3.05, 3.63) is 29.3 Å². The molecule has 3 nitrogen and oxygen atoms in total. The average Bonchev–Trinajstić information content (AvgIpc) is 2.74. The van der Waals surface area contributed by atoms with Crippen LogP contribution >= 0.6 is 0 Å². The molecule has 1 aromatic carbocycles. The number of Topliss-reactive ketones (excluding diaryl/α,β-unsaturated/α-hetero) is 1. The lowest BCUT2D eigenvalue weighted by Crippen LogP contribution is -2.27. The number of aryl methyl sites for hydroxylation is 1. The van der Waals surface area contributed by atoms with Crippen molar-refractivity contribution in [2.75, 3.05) is 25.4 Å². The minimum Gasteiger partial charge on any atom is -0.398 e. The number of anilines is 1. The zero-order valence-electron chi connectivity index (χ0n) is 9.70. The Morgan fingerprint density at radius 1 is 1.38 bits per heavy atom. The van der Waals surface area contributed by atoms with Crippen LogP contribution in [0.4, 0.5) is 5.69 Å². The molecule has 1 fully saturated rings. The Kier molecular flexibility index (Phi) is 3.25. The lowest BCUT2D eigenvalue weighted by atomic mass is 10.1. The van der Waals surface area contributed by atoms with Crippen LogP contribution < -0.4 is 5.73 Å². The maximum atomic E-state index is 12.1. The summed E-state index contributed by atoms with van der Waals surface area (Å²) in [6, 6.07) is 5.63. The Labute approximate surface area is 96.2 Å². The molecule has 0 unspecified atom stereocenters. The molecular formula is C13H18N2O. The van der Waals surface area contributed by atoms with E-state index in [1.165, 1.54) is 12.8 Å². The lowest BCUT2D eigenvalue weighted by molar-refractivity contribution is 0.0946. The minimum atomic E-state index is 0.142. The number of ketones is 1. The van der Waals surface area contributed by atoms with Gasteiger partial charge >= 0.3 is 0 Å². The van der Waals surface area contributed by atoms with E-state index in [1.54, 1.807) is 0 Å². The van der Waals surface area contributed by atoms with Crippen LogP contribution in [0.5, 0.6) is 0 Å². The molecule has 1 aromatic rings. The van der Waals surface area contributed by atoms with Gasteiger partial charge in [0.05, 0.1) is 6.54 Å². The van der Waals surface area contributed by atoms with E-state index in [2.05, 4.69) is 4.90 Å². The van der Waals surface area contributed by atoms with Crippen LogP contribution in [0, 0.1) is 6.92 Å². The van der Waals surface area contributed by atoms with Crippen LogP contribution in [0.15, 0.2) is 18.2 Å². The van der Waals surface area contributed by atoms with Gasteiger partial charge in [0.25, 0.3) is 0 Å². The monoisotopic (exact) mass is 218 g/mol. The Bertz CT molecular complexity index is 395. The summed E-state index contributed by atoms with van der Waals surface area (Å²) in [6.45, 7) is 4.56. The van der Waals surface area contributed by atoms with Gasteiger partial charge < -0.3 is 5.73 Å². The number of nitrogens with two attached hydrogens (primary N) is 1. The van der Waals surface area contributed by atoms with E-state index in [4.69, 9.17) is 5.73 Å². The molecule has 3 heteroatoms. The first-order valence-corrected chi connectivity index (χ1v) is 5.78. The highest BCUT2D eigenvalue weighted by Crippen LogP contribution is 2.16. The van der Waals surface area contributed by atoms with Gasteiger partial charge in [0.1, 0.15) is 0 Å². The Morgan fingerprint density at radius 3 is 2.75 bits per heavy atom. The summed E-state index contributed by atoms with van der Waals surface area (Å²) in [4.78, 5) is 14.3. The summed E-state index contributed by atoms with van der Waals surface area (Å²) in [6.07, 6.45) is 2.41. The predicted molar refractivity (Wildman–Crippen MR) is 65.6 cm³/mol. The molecule has 1 heterocycles. The number of carbonyl (C=O) groups excluding carboxylic acids is 1. The molecule has 1 saturated heterocycles. The summed E-state index contributed by atoms with van der Waals surface area (Å²) in [5, 5.41) is 0. The smallest absolute Gasteiger partial charge is 0.178 e. The lowest BCUT2D eigenvalue weighted by Gasteiger charge is -2.14. The highest BCUT2D eigenvalue weighted by atomic mass is 16.1. The van der Waals surface area contributed by atoms with Crippen molar-refractivity contribution in [1.29, 1.82) is 0 Å². The molecule has 0 saturated carbocycles. The first kappa shape index (κ1) is 11.1. The van der Waals surface area contributed by atoms with Crippen LogP contribution in [-0.2, 0) is 0 Å². The van der Waals surface area contributed by atoms with E-state index in [9.17, 15) is 4.79 Å². The van der Waals surface area contributed by atoms with Crippen molar-refractivity contribution in [2.24, 2.45) is 0 Å². The highest BCUT2D eigenvalue weighted by molar-refractivity contribution is 6.02. The molecule has 0 bridgehead atoms. The van der Waals surface area contributed by atoms with Crippen molar-refractivity contribution in [1.82, 2.24) is 4.90 Å². The molecular weight excluding hydrogens is 200 g/mol. The topological polar surface area (TPSA) is 46.3 Å². The van der Waals surface area contributed by atoms with Crippen LogP contribution in [0.1, 0.15) is 28.8 Å². The molecule has 86 valence electrons. The second kappa shape index (κ2) is 4.66. The quantitative estimate of drug-likeness (QED) is 0.622. The SMILES string of the molecule is Cc1ccc(N)c(C(=O)CN2CCCC2)c1. The predicted octanol–water partition coefficient (Wildman–Crippen LogP) is 1.86. The van der Waals surface area contributed by atoms with E-state index in [-0.39, 0.29) is 5.78 Å². The van der Waals surface area contributed by atoms with Gasteiger partial charge in [0, 0.05) is 11.3 Å². The number of hydrogen-bond acceptors (Lipinski definition) is 3. The van der Waals surface area contributed by atoms with E-state index >= 15 is 0 Å². The van der Waals surface area contributed by atoms with Gasteiger partial charge in [-0.3, -0.25) is 9.69 Å². The van der Waals surface area contributed by atoms with Crippen LogP contribution in [0.2, 0.25) is 0 Å². The maximum absolute atomic E-state index is 12.1. The molecule has 0 amide bonds. The molecule has 0 aliphatic carbocycles. The zero-order chi connectivity index (χ0) is 11.5. The van der Waals surface area contributed by atoms with Crippen molar-refractivity contribution >= 4 is 11.5 Å². The summed E-state index contributed by atoms with van der Waals surface area (Å²) >= 11 is 0. The molecule has 16 heavy (non-hydrogen) atoms. The molecule has 0 radical (unpaired) electrons. The maximum Gasteiger partial charge on any atom is 0.178 e. The number of nitrogens with zero attached hydrogens (tertiary/aromatic N) is 1. The standard InChI is InChI=1S/C13H18N2O/c1-10-4-5-12(14)11(8-10)13(16)9-15-6-2-3-7-15/h4-5,8H,2-3,6-7,9,14H2,1H3. The van der Waals surface area contributed by atoms with Gasteiger partial charge in [-0.05, 0) is 45.0 Å². The Hall–Kier alpha value is -1.35. The summed E-state index contributed by atoms with van der Waals surface area (Å²) in [5.41, 5.74) is 8.17. The molecule has 1 aliphatic rings. The van der Waals surface area contributed by atoms with Crippen LogP contribution in [-0.4, -0.2) is 30.3 Å². The largest absolute Gasteiger partial charge is 0.398 e. The Balaban J connectivity index is 2.10. The van der Waals surface area contributed by atoms with Crippen molar-refractivity contribution in [2.45, 2.75) is 19.8 Å². The molecule has 0 aromatic heterocycles. The van der Waals surface area contributed by atoms with E-state index < -0.39 is 0 Å². The van der Waals surface area contributed by atoms with Gasteiger partial charge in [-0.1, -0.05) is 11.6 Å². The first-order valence-electron chi connectivity index (χ1n) is 5.78. The van der Waals surface area contributed by atoms with Gasteiger partial charge in [-0.2, -0.15) is 0 Å². The third-order valence-electron chi connectivity index (χ3n) is 3.08. The fraction of sp³-hybridized carbons (Fsp3) is 0.462. The van der Waals surface area contributed by atoms with Gasteiger partial charge in [-0.25, -0.2) is 0 Å². The molecule has 1 aliphatic heterocycles. The van der Waals surface area contributed by atoms with Gasteiger partial charge in [-0.15, -0.1) is 0 Å². The van der Waals surface area contributed by atoms with E-state index in [0.29, 0.717) is 17.8 Å². The fourth-order valence-corrected chi connectivity index (χ4v) is 2.14. The van der Waals surface area contributed by atoms with E-state index in [0.717, 1.165) is 18.7 Å². The first-order chi connectivity index (χ1) is 7.66. The summed E-state index contributed by atoms with van der Waals surface area (Å²) in [7, 11) is 0. The average molecular weight is 218 g/mol. The van der Waals surface area contributed by atoms with E-state index in [1.807, 2.05) is 25.1 Å². The van der Waals surface area contributed by atoms with Crippen LogP contribution in [0.25, 0.3) is 0 Å². The number of rotatable bonds is 3. The Morgan fingerprint density at radius 2 is 2.06 bits per heavy atom. The third-order valence-corrected chi connectivity index (χ3v) is 3.08. The molecule has 2 rings (SSSR count). The number of likely N-dealkylation sites (tertiary alicyclic amines) is 1. The number of benzene rings is 1. The van der Waals surface area contributed by atoms with Crippen LogP contribution in [0.3, 0.4) is 0 Å². The third kappa shape index (κ3) is 2.42. The number of carbonyl (C=O) groups is 1. The fourth-order valence-electron chi connectivity index (χ4n) is 2.14. The number of hydrogen-bond donors (Lipinski definition) is 1. The van der Waals surface area contributed by atoms with Crippen molar-refractivity contribution in [3.8, 4) is 0 Å². The van der Waals surface area contributed by atoms with Crippen molar-refractivity contribution in [3.63, 3.8) is 0 Å². The second-order valence-corrected chi connectivity index (χ2v) is 4.50. The highest BCUT2D eigenvalue weighted by Gasteiger charge is 2.17. The van der Waals surface area contributed by atoms with Gasteiger partial charge in [0.15, 0.2) is 5.78 Å². The number of nitrogen functional groups attached to an aromatic ring is 1. The summed E-state index contributed by atoms with van der Waals surface area (Å²) in [5.74, 6) is 0.142. The molecule has 2 N–H and O–H groups in total. The zero-order valence-corrected chi connectivity index (χ0v) is 9.70. The minimum absolute atomic E-state index is 0.142.